The van der Waals surface area contributed by atoms with E-state index in [0.717, 1.165) is 17.9 Å². The minimum atomic E-state index is -1.56. The average Bonchev–Trinajstić information content (AvgIpc) is 3.54. The third kappa shape index (κ3) is 12.6. The lowest BCUT2D eigenvalue weighted by molar-refractivity contribution is -0.156. The van der Waals surface area contributed by atoms with E-state index in [1.165, 1.54) is 7.11 Å². The average molecular weight is 759 g/mol. The topological polar surface area (TPSA) is 191 Å². The van der Waals surface area contributed by atoms with Gasteiger partial charge >= 0.3 is 17.9 Å². The maximum atomic E-state index is 14.2. The molecule has 3 aromatic carbocycles. The van der Waals surface area contributed by atoms with Gasteiger partial charge in [0, 0.05) is 23.7 Å². The van der Waals surface area contributed by atoms with Crippen LogP contribution in [0.5, 0.6) is 5.75 Å². The Morgan fingerprint density at radius 2 is 1.31 bits per heavy atom. The number of aromatic amines is 1. The Hall–Kier alpha value is -5.92. The number of hydrogen-bond acceptors (Lipinski definition) is 10. The van der Waals surface area contributed by atoms with Crippen LogP contribution >= 0.6 is 0 Å². The van der Waals surface area contributed by atoms with Crippen molar-refractivity contribution in [3.63, 3.8) is 0 Å². The molecule has 14 nitrogen and oxygen atoms in total. The maximum absolute atomic E-state index is 14.2. The third-order valence-electron chi connectivity index (χ3n) is 8.23. The van der Waals surface area contributed by atoms with Gasteiger partial charge in [0.25, 0.3) is 5.91 Å². The second kappa shape index (κ2) is 17.9. The molecule has 0 saturated carbocycles. The lowest BCUT2D eigenvalue weighted by Gasteiger charge is -2.26. The van der Waals surface area contributed by atoms with E-state index in [1.54, 1.807) is 65.8 Å². The second-order valence-electron chi connectivity index (χ2n) is 15.1. The van der Waals surface area contributed by atoms with Gasteiger partial charge in [-0.2, -0.15) is 0 Å². The number of fused-ring (bicyclic) bond motifs is 2. The number of carbonyl (C=O) groups excluding carboxylic acids is 6. The number of carbonyl (C=O) groups is 6. The maximum Gasteiger partial charge on any atom is 0.328 e. The fourth-order valence-corrected chi connectivity index (χ4v) is 5.76. The summed E-state index contributed by atoms with van der Waals surface area (Å²) >= 11 is 0. The number of amides is 3. The molecule has 0 unspecified atom stereocenters. The van der Waals surface area contributed by atoms with Crippen molar-refractivity contribution in [3.05, 3.63) is 78.0 Å². The van der Waals surface area contributed by atoms with Crippen molar-refractivity contribution in [2.24, 2.45) is 0 Å². The zero-order valence-electron chi connectivity index (χ0n) is 32.5. The van der Waals surface area contributed by atoms with E-state index in [1.807, 2.05) is 42.5 Å². The molecule has 0 aliphatic carbocycles. The first-order chi connectivity index (χ1) is 25.8. The zero-order valence-corrected chi connectivity index (χ0v) is 32.5. The zero-order chi connectivity index (χ0) is 40.5. The van der Waals surface area contributed by atoms with Crippen molar-refractivity contribution in [2.45, 2.75) is 96.6 Å². The van der Waals surface area contributed by atoms with Crippen LogP contribution in [0.25, 0.3) is 21.7 Å². The van der Waals surface area contributed by atoms with Crippen LogP contribution < -0.4 is 20.7 Å². The highest BCUT2D eigenvalue weighted by atomic mass is 16.6. The summed E-state index contributed by atoms with van der Waals surface area (Å²) in [5.74, 6) is -3.96. The number of hydrogen-bond donors (Lipinski definition) is 4. The molecule has 1 aromatic heterocycles. The lowest BCUT2D eigenvalue weighted by atomic mass is 10.0. The lowest BCUT2D eigenvalue weighted by Crippen LogP contribution is -2.57. The standard InChI is InChI=1S/C41H50N4O10/c1-40(2,3)54-34(46)18-17-30(39(51)53-8)43-38(50)33(23-35(47)55-41(4,5)6)45-36(48)31(20-24-13-14-25-11-9-10-12-26(25)19-24)44-37(49)32-22-27-21-28(52-7)15-16-29(27)42-32/h9-16,19,21-22,30-31,33,42H,17-18,20,23H2,1-8H3,(H,43,50)(H,44,49)(H,45,48)/t30-,31-,33-/m0/s1. The molecule has 294 valence electrons. The molecular weight excluding hydrogens is 708 g/mol. The summed E-state index contributed by atoms with van der Waals surface area (Å²) in [4.78, 5) is 83.1. The Labute approximate surface area is 320 Å². The first-order valence-electron chi connectivity index (χ1n) is 17.9. The molecule has 0 aliphatic heterocycles. The molecule has 0 fully saturated rings. The van der Waals surface area contributed by atoms with Gasteiger partial charge in [-0.3, -0.25) is 24.0 Å². The molecule has 4 N–H and O–H groups in total. The smallest absolute Gasteiger partial charge is 0.328 e. The van der Waals surface area contributed by atoms with Crippen molar-refractivity contribution >= 4 is 57.3 Å². The number of rotatable bonds is 15. The Kier molecular flexibility index (Phi) is 13.6. The van der Waals surface area contributed by atoms with Gasteiger partial charge in [0.05, 0.1) is 20.6 Å². The molecule has 0 bridgehead atoms. The van der Waals surface area contributed by atoms with E-state index in [0.29, 0.717) is 22.2 Å². The predicted molar refractivity (Wildman–Crippen MR) is 205 cm³/mol. The summed E-state index contributed by atoms with van der Waals surface area (Å²) in [6.07, 6.45) is -1.02. The van der Waals surface area contributed by atoms with E-state index in [4.69, 9.17) is 18.9 Å². The van der Waals surface area contributed by atoms with Crippen LogP contribution in [0.15, 0.2) is 66.7 Å². The van der Waals surface area contributed by atoms with E-state index in [9.17, 15) is 28.8 Å². The van der Waals surface area contributed by atoms with Crippen LogP contribution in [-0.4, -0.2) is 84.2 Å². The summed E-state index contributed by atoms with van der Waals surface area (Å²) in [5, 5.41) is 10.5. The predicted octanol–water partition coefficient (Wildman–Crippen LogP) is 4.67. The molecule has 0 radical (unpaired) electrons. The largest absolute Gasteiger partial charge is 0.497 e. The number of esters is 3. The first kappa shape index (κ1) is 41.8. The van der Waals surface area contributed by atoms with Crippen molar-refractivity contribution < 1.29 is 47.7 Å². The minimum absolute atomic E-state index is 0.0118. The van der Waals surface area contributed by atoms with E-state index >= 15 is 0 Å². The van der Waals surface area contributed by atoms with Gasteiger partial charge < -0.3 is 39.9 Å². The highest BCUT2D eigenvalue weighted by molar-refractivity contribution is 6.01. The summed E-state index contributed by atoms with van der Waals surface area (Å²) in [7, 11) is 2.66. The SMILES string of the molecule is COC(=O)[C@H](CCC(=O)OC(C)(C)C)NC(=O)[C@H](CC(=O)OC(C)(C)C)NC(=O)[C@H](Cc1ccc2ccccc2c1)NC(=O)c1cc2cc(OC)ccc2[nH]1. The molecule has 14 heteroatoms. The molecule has 4 rings (SSSR count). The highest BCUT2D eigenvalue weighted by Crippen LogP contribution is 2.22. The molecule has 0 saturated heterocycles. The van der Waals surface area contributed by atoms with Crippen LogP contribution in [0.2, 0.25) is 0 Å². The second-order valence-corrected chi connectivity index (χ2v) is 15.1. The fraction of sp³-hybridized carbons (Fsp3) is 0.415. The monoisotopic (exact) mass is 758 g/mol. The minimum Gasteiger partial charge on any atom is -0.497 e. The quantitative estimate of drug-likeness (QED) is 0.0979. The van der Waals surface area contributed by atoms with Gasteiger partial charge in [0.1, 0.15) is 40.8 Å². The number of methoxy groups -OCH3 is 2. The molecular formula is C41H50N4O10. The summed E-state index contributed by atoms with van der Waals surface area (Å²) < 4.78 is 21.0. The Morgan fingerprint density at radius 1 is 0.673 bits per heavy atom. The number of nitrogens with one attached hydrogen (secondary N) is 4. The Morgan fingerprint density at radius 3 is 1.96 bits per heavy atom. The van der Waals surface area contributed by atoms with Crippen molar-refractivity contribution in [2.75, 3.05) is 14.2 Å². The van der Waals surface area contributed by atoms with E-state index < -0.39 is 71.4 Å². The van der Waals surface area contributed by atoms with Crippen LogP contribution in [-0.2, 0) is 44.6 Å². The highest BCUT2D eigenvalue weighted by Gasteiger charge is 2.34. The number of ether oxygens (including phenoxy) is 4. The molecule has 4 aromatic rings. The van der Waals surface area contributed by atoms with Gasteiger partial charge in [0.2, 0.25) is 11.8 Å². The first-order valence-corrected chi connectivity index (χ1v) is 17.9. The fourth-order valence-electron chi connectivity index (χ4n) is 5.76. The normalized spacial score (nSPS) is 13.2. The summed E-state index contributed by atoms with van der Waals surface area (Å²) in [6, 6.07) is 16.1. The summed E-state index contributed by atoms with van der Waals surface area (Å²) in [6.45, 7) is 10.0. The van der Waals surface area contributed by atoms with Gasteiger partial charge in [-0.25, -0.2) is 4.79 Å². The molecule has 3 atom stereocenters. The van der Waals surface area contributed by atoms with Gasteiger partial charge in [-0.1, -0.05) is 42.5 Å². The number of benzene rings is 3. The Bertz CT molecular complexity index is 2040. The van der Waals surface area contributed by atoms with Gasteiger partial charge in [-0.05, 0) is 88.6 Å². The molecule has 55 heavy (non-hydrogen) atoms. The van der Waals surface area contributed by atoms with E-state index in [2.05, 4.69) is 20.9 Å². The van der Waals surface area contributed by atoms with Gasteiger partial charge in [-0.15, -0.1) is 0 Å². The molecule has 1 heterocycles. The molecule has 3 amide bonds. The number of aromatic nitrogens is 1. The van der Waals surface area contributed by atoms with Crippen LogP contribution in [0, 0.1) is 0 Å². The number of H-pyrrole nitrogens is 1. The van der Waals surface area contributed by atoms with Crippen molar-refractivity contribution in [1.29, 1.82) is 0 Å². The van der Waals surface area contributed by atoms with Crippen LogP contribution in [0.1, 0.15) is 76.9 Å². The third-order valence-corrected chi connectivity index (χ3v) is 8.23. The van der Waals surface area contributed by atoms with Gasteiger partial charge in [0.15, 0.2) is 0 Å². The molecule has 0 spiro atoms. The van der Waals surface area contributed by atoms with Crippen molar-refractivity contribution in [1.82, 2.24) is 20.9 Å². The Balaban J connectivity index is 1.63. The van der Waals surface area contributed by atoms with E-state index in [-0.39, 0.29) is 25.0 Å². The van der Waals surface area contributed by atoms with Crippen molar-refractivity contribution in [3.8, 4) is 5.75 Å². The molecule has 0 aliphatic rings. The van der Waals surface area contributed by atoms with Crippen LogP contribution in [0.3, 0.4) is 0 Å². The van der Waals surface area contributed by atoms with Crippen LogP contribution in [0.4, 0.5) is 0 Å². The summed E-state index contributed by atoms with van der Waals surface area (Å²) in [5.41, 5.74) is -0.136.